The van der Waals surface area contributed by atoms with Crippen LogP contribution in [0, 0.1) is 0 Å². The molecule has 1 unspecified atom stereocenters. The summed E-state index contributed by atoms with van der Waals surface area (Å²) in [5.41, 5.74) is 1.20. The van der Waals surface area contributed by atoms with Gasteiger partial charge in [0.2, 0.25) is 5.91 Å². The van der Waals surface area contributed by atoms with Crippen LogP contribution in [0.15, 0.2) is 30.3 Å². The number of carbonyl (C=O) groups excluding carboxylic acids is 2. The molecule has 1 aliphatic rings. The zero-order chi connectivity index (χ0) is 16.7. The molecule has 0 bridgehead atoms. The van der Waals surface area contributed by atoms with Crippen molar-refractivity contribution in [2.75, 3.05) is 7.11 Å². The third-order valence-corrected chi connectivity index (χ3v) is 4.80. The van der Waals surface area contributed by atoms with Crippen molar-refractivity contribution in [3.8, 4) is 0 Å². The number of benzene rings is 1. The first-order chi connectivity index (χ1) is 11.1. The summed E-state index contributed by atoms with van der Waals surface area (Å²) in [7, 11) is 1.36. The van der Waals surface area contributed by atoms with E-state index in [1.165, 1.54) is 31.9 Å². The molecule has 126 valence electrons. The van der Waals surface area contributed by atoms with Gasteiger partial charge >= 0.3 is 5.97 Å². The molecule has 0 aliphatic heterocycles. The molecule has 4 nitrogen and oxygen atoms in total. The van der Waals surface area contributed by atoms with Crippen molar-refractivity contribution in [2.24, 2.45) is 0 Å². The highest BCUT2D eigenvalue weighted by Crippen LogP contribution is 2.42. The number of nitrogens with one attached hydrogen (secondary N) is 1. The van der Waals surface area contributed by atoms with Gasteiger partial charge in [-0.3, -0.25) is 9.59 Å². The summed E-state index contributed by atoms with van der Waals surface area (Å²) in [6.07, 6.45) is 6.38. The number of ether oxygens (including phenoxy) is 1. The molecule has 1 saturated carbocycles. The van der Waals surface area contributed by atoms with Crippen LogP contribution in [-0.2, 0) is 19.7 Å². The molecule has 1 atom stereocenters. The molecule has 2 rings (SSSR count). The number of amides is 1. The summed E-state index contributed by atoms with van der Waals surface area (Å²) >= 11 is 0. The molecular formula is C19H27NO3. The fourth-order valence-electron chi connectivity index (χ4n) is 3.61. The molecular weight excluding hydrogens is 290 g/mol. The summed E-state index contributed by atoms with van der Waals surface area (Å²) in [6.45, 7) is 1.84. The van der Waals surface area contributed by atoms with Crippen molar-refractivity contribution in [1.82, 2.24) is 5.32 Å². The van der Waals surface area contributed by atoms with E-state index in [4.69, 9.17) is 0 Å². The SMILES string of the molecule is COC(=O)CC(C)NC(=O)CC1(c2ccccc2)CCCCC1. The van der Waals surface area contributed by atoms with E-state index in [1.54, 1.807) is 0 Å². The Hall–Kier alpha value is -1.84. The van der Waals surface area contributed by atoms with Crippen molar-refractivity contribution in [1.29, 1.82) is 0 Å². The van der Waals surface area contributed by atoms with Crippen LogP contribution in [0.3, 0.4) is 0 Å². The lowest BCUT2D eigenvalue weighted by Gasteiger charge is -2.37. The predicted octanol–water partition coefficient (Wildman–Crippen LogP) is 3.35. The van der Waals surface area contributed by atoms with Gasteiger partial charge in [0.25, 0.3) is 0 Å². The summed E-state index contributed by atoms with van der Waals surface area (Å²) in [5.74, 6) is -0.277. The largest absolute Gasteiger partial charge is 0.469 e. The fraction of sp³-hybridized carbons (Fsp3) is 0.579. The van der Waals surface area contributed by atoms with Crippen LogP contribution in [0.25, 0.3) is 0 Å². The van der Waals surface area contributed by atoms with Crippen LogP contribution in [0.4, 0.5) is 0 Å². The maximum Gasteiger partial charge on any atom is 0.307 e. The zero-order valence-electron chi connectivity index (χ0n) is 14.1. The van der Waals surface area contributed by atoms with Crippen molar-refractivity contribution in [2.45, 2.75) is 63.3 Å². The molecule has 1 N–H and O–H groups in total. The van der Waals surface area contributed by atoms with E-state index >= 15 is 0 Å². The van der Waals surface area contributed by atoms with Gasteiger partial charge < -0.3 is 10.1 Å². The van der Waals surface area contributed by atoms with Gasteiger partial charge in [-0.05, 0) is 25.3 Å². The minimum atomic E-state index is -0.298. The lowest BCUT2D eigenvalue weighted by molar-refractivity contribution is -0.141. The number of methoxy groups -OCH3 is 1. The average Bonchev–Trinajstić information content (AvgIpc) is 2.56. The van der Waals surface area contributed by atoms with Crippen LogP contribution in [-0.4, -0.2) is 25.0 Å². The highest BCUT2D eigenvalue weighted by atomic mass is 16.5. The van der Waals surface area contributed by atoms with Gasteiger partial charge in [-0.25, -0.2) is 0 Å². The Morgan fingerprint density at radius 2 is 1.83 bits per heavy atom. The molecule has 0 saturated heterocycles. The van der Waals surface area contributed by atoms with Gasteiger partial charge in [0.15, 0.2) is 0 Å². The van der Waals surface area contributed by atoms with Crippen LogP contribution in [0.5, 0.6) is 0 Å². The van der Waals surface area contributed by atoms with Crippen molar-refractivity contribution < 1.29 is 14.3 Å². The molecule has 1 amide bonds. The smallest absolute Gasteiger partial charge is 0.307 e. The lowest BCUT2D eigenvalue weighted by Crippen LogP contribution is -2.40. The van der Waals surface area contributed by atoms with E-state index in [9.17, 15) is 9.59 Å². The van der Waals surface area contributed by atoms with Crippen LogP contribution in [0.1, 0.15) is 57.4 Å². The maximum atomic E-state index is 12.5. The Bertz CT molecular complexity index is 521. The Labute approximate surface area is 138 Å². The predicted molar refractivity (Wildman–Crippen MR) is 90.1 cm³/mol. The molecule has 1 aromatic carbocycles. The van der Waals surface area contributed by atoms with Crippen LogP contribution < -0.4 is 5.32 Å². The molecule has 1 aliphatic carbocycles. The van der Waals surface area contributed by atoms with Gasteiger partial charge in [0.1, 0.15) is 0 Å². The maximum absolute atomic E-state index is 12.5. The van der Waals surface area contributed by atoms with Gasteiger partial charge in [0.05, 0.1) is 13.5 Å². The van der Waals surface area contributed by atoms with Crippen molar-refractivity contribution in [3.05, 3.63) is 35.9 Å². The van der Waals surface area contributed by atoms with Gasteiger partial charge in [-0.15, -0.1) is 0 Å². The molecule has 1 fully saturated rings. The highest BCUT2D eigenvalue weighted by Gasteiger charge is 2.36. The monoisotopic (exact) mass is 317 g/mol. The third kappa shape index (κ3) is 4.81. The molecule has 0 heterocycles. The molecule has 0 aromatic heterocycles. The quantitative estimate of drug-likeness (QED) is 0.819. The number of rotatable bonds is 6. The molecule has 4 heteroatoms. The zero-order valence-corrected chi connectivity index (χ0v) is 14.1. The lowest BCUT2D eigenvalue weighted by atomic mass is 9.67. The van der Waals surface area contributed by atoms with Gasteiger partial charge in [-0.2, -0.15) is 0 Å². The summed E-state index contributed by atoms with van der Waals surface area (Å²) < 4.78 is 4.65. The molecule has 23 heavy (non-hydrogen) atoms. The minimum Gasteiger partial charge on any atom is -0.469 e. The van der Waals surface area contributed by atoms with Crippen molar-refractivity contribution >= 4 is 11.9 Å². The highest BCUT2D eigenvalue weighted by molar-refractivity contribution is 5.79. The van der Waals surface area contributed by atoms with E-state index in [0.29, 0.717) is 6.42 Å². The van der Waals surface area contributed by atoms with E-state index in [0.717, 1.165) is 12.8 Å². The molecule has 1 aromatic rings. The van der Waals surface area contributed by atoms with Crippen molar-refractivity contribution in [3.63, 3.8) is 0 Å². The van der Waals surface area contributed by atoms with Crippen LogP contribution in [0.2, 0.25) is 0 Å². The Morgan fingerprint density at radius 1 is 1.17 bits per heavy atom. The second-order valence-electron chi connectivity index (χ2n) is 6.63. The number of hydrogen-bond acceptors (Lipinski definition) is 3. The van der Waals surface area contributed by atoms with E-state index < -0.39 is 0 Å². The summed E-state index contributed by atoms with van der Waals surface area (Å²) in [5, 5.41) is 2.95. The normalized spacial score (nSPS) is 18.0. The Balaban J connectivity index is 2.03. The number of hydrogen-bond donors (Lipinski definition) is 1. The summed E-state index contributed by atoms with van der Waals surface area (Å²) in [4.78, 5) is 23.8. The van der Waals surface area contributed by atoms with E-state index in [-0.39, 0.29) is 29.8 Å². The van der Waals surface area contributed by atoms with E-state index in [2.05, 4.69) is 22.2 Å². The number of esters is 1. The Morgan fingerprint density at radius 3 is 2.43 bits per heavy atom. The average molecular weight is 317 g/mol. The van der Waals surface area contributed by atoms with Gasteiger partial charge in [0, 0.05) is 17.9 Å². The third-order valence-electron chi connectivity index (χ3n) is 4.80. The van der Waals surface area contributed by atoms with E-state index in [1.807, 2.05) is 25.1 Å². The minimum absolute atomic E-state index is 0.0205. The standard InChI is InChI=1S/C19H27NO3/c1-15(13-18(22)23-2)20-17(21)14-19(11-7-4-8-12-19)16-9-5-3-6-10-16/h3,5-6,9-10,15H,4,7-8,11-14H2,1-2H3,(H,20,21). The second-order valence-corrected chi connectivity index (χ2v) is 6.63. The second kappa shape index (κ2) is 8.14. The summed E-state index contributed by atoms with van der Waals surface area (Å²) in [6, 6.07) is 10.2. The Kier molecular flexibility index (Phi) is 6.20. The first-order valence-electron chi connectivity index (χ1n) is 8.47. The first kappa shape index (κ1) is 17.5. The topological polar surface area (TPSA) is 55.4 Å². The molecule has 0 spiro atoms. The van der Waals surface area contributed by atoms with Gasteiger partial charge in [-0.1, -0.05) is 49.6 Å². The first-order valence-corrected chi connectivity index (χ1v) is 8.47. The number of carbonyl (C=O) groups is 2. The van der Waals surface area contributed by atoms with Crippen LogP contribution >= 0.6 is 0 Å². The molecule has 0 radical (unpaired) electrons. The fourth-order valence-corrected chi connectivity index (χ4v) is 3.61.